The molecule has 1 amide bonds. The molecule has 94 valence electrons. The lowest BCUT2D eigenvalue weighted by Gasteiger charge is -2.09. The third-order valence-corrected chi connectivity index (χ3v) is 3.32. The van der Waals surface area contributed by atoms with Crippen LogP contribution < -0.4 is 5.32 Å². The summed E-state index contributed by atoms with van der Waals surface area (Å²) in [5, 5.41) is 3.95. The van der Waals surface area contributed by atoms with E-state index in [0.717, 1.165) is 24.6 Å². The molecule has 0 atom stereocenters. The summed E-state index contributed by atoms with van der Waals surface area (Å²) in [5.41, 5.74) is 2.54. The molecule has 1 aromatic carbocycles. The maximum Gasteiger partial charge on any atom is 0.220 e. The molecule has 0 radical (unpaired) electrons. The quantitative estimate of drug-likeness (QED) is 0.606. The number of aryl methyl sites for hydroxylation is 1. The number of halogens is 1. The molecule has 0 heterocycles. The lowest BCUT2D eigenvalue weighted by atomic mass is 10.1. The number of hydrogen-bond acceptors (Lipinski definition) is 1. The van der Waals surface area contributed by atoms with Crippen molar-refractivity contribution < 1.29 is 4.79 Å². The summed E-state index contributed by atoms with van der Waals surface area (Å²) in [5.74, 6) is 0.150. The van der Waals surface area contributed by atoms with Gasteiger partial charge in [-0.25, -0.2) is 0 Å². The zero-order valence-electron chi connectivity index (χ0n) is 10.3. The van der Waals surface area contributed by atoms with E-state index in [4.69, 9.17) is 0 Å². The Kier molecular flexibility index (Phi) is 6.94. The second-order valence-electron chi connectivity index (χ2n) is 4.05. The highest BCUT2D eigenvalue weighted by Crippen LogP contribution is 2.09. The Balaban J connectivity index is 2.36. The molecule has 0 saturated heterocycles. The smallest absolute Gasteiger partial charge is 0.220 e. The summed E-state index contributed by atoms with van der Waals surface area (Å²) < 4.78 is 0. The van der Waals surface area contributed by atoms with E-state index in [1.165, 1.54) is 11.1 Å². The molecule has 0 aromatic heterocycles. The van der Waals surface area contributed by atoms with Crippen molar-refractivity contribution in [3.8, 4) is 0 Å². The average molecular weight is 298 g/mol. The van der Waals surface area contributed by atoms with Gasteiger partial charge in [0.05, 0.1) is 0 Å². The van der Waals surface area contributed by atoms with E-state index < -0.39 is 0 Å². The lowest BCUT2D eigenvalue weighted by Crippen LogP contribution is -2.22. The van der Waals surface area contributed by atoms with Gasteiger partial charge in [-0.15, -0.1) is 0 Å². The molecule has 0 aliphatic heterocycles. The first-order valence-corrected chi connectivity index (χ1v) is 7.29. The number of amides is 1. The largest absolute Gasteiger partial charge is 0.352 e. The van der Waals surface area contributed by atoms with Crippen LogP contribution in [0, 0.1) is 0 Å². The Labute approximate surface area is 112 Å². The number of alkyl halides is 1. The Hall–Kier alpha value is -0.830. The summed E-state index contributed by atoms with van der Waals surface area (Å²) in [6.45, 7) is 2.79. The maximum atomic E-state index is 11.6. The topological polar surface area (TPSA) is 29.1 Å². The fraction of sp³-hybridized carbons (Fsp3) is 0.500. The average Bonchev–Trinajstić information content (AvgIpc) is 2.37. The summed E-state index contributed by atoms with van der Waals surface area (Å²) >= 11 is 3.36. The second-order valence-corrected chi connectivity index (χ2v) is 4.84. The van der Waals surface area contributed by atoms with Crippen molar-refractivity contribution >= 4 is 21.8 Å². The first-order chi connectivity index (χ1) is 8.27. The van der Waals surface area contributed by atoms with Crippen molar-refractivity contribution in [3.63, 3.8) is 0 Å². The molecule has 0 aliphatic carbocycles. The number of benzene rings is 1. The van der Waals surface area contributed by atoms with Crippen LogP contribution in [0.5, 0.6) is 0 Å². The van der Waals surface area contributed by atoms with Gasteiger partial charge >= 0.3 is 0 Å². The highest BCUT2D eigenvalue weighted by molar-refractivity contribution is 9.09. The van der Waals surface area contributed by atoms with E-state index in [9.17, 15) is 4.79 Å². The normalized spacial score (nSPS) is 10.2. The zero-order chi connectivity index (χ0) is 12.5. The molecule has 17 heavy (non-hydrogen) atoms. The third kappa shape index (κ3) is 5.35. The fourth-order valence-corrected chi connectivity index (χ4v) is 2.13. The summed E-state index contributed by atoms with van der Waals surface area (Å²) in [6.07, 6.45) is 3.64. The van der Waals surface area contributed by atoms with Crippen LogP contribution in [-0.4, -0.2) is 11.2 Å². The number of unbranched alkanes of at least 4 members (excludes halogenated alkanes) is 1. The molecular formula is C14H20BrNO. The molecule has 2 nitrogen and oxygen atoms in total. The zero-order valence-corrected chi connectivity index (χ0v) is 11.9. The molecule has 1 N–H and O–H groups in total. The molecule has 0 unspecified atom stereocenters. The summed E-state index contributed by atoms with van der Waals surface area (Å²) in [4.78, 5) is 11.6. The number of nitrogens with one attached hydrogen (secondary N) is 1. The first kappa shape index (κ1) is 14.2. The van der Waals surface area contributed by atoms with Gasteiger partial charge in [0, 0.05) is 18.3 Å². The van der Waals surface area contributed by atoms with Gasteiger partial charge in [0.15, 0.2) is 0 Å². The van der Waals surface area contributed by atoms with Crippen LogP contribution in [-0.2, 0) is 17.8 Å². The third-order valence-electron chi connectivity index (χ3n) is 2.76. The second kappa shape index (κ2) is 8.29. The number of rotatable bonds is 7. The van der Waals surface area contributed by atoms with Gasteiger partial charge in [0.2, 0.25) is 5.91 Å². The van der Waals surface area contributed by atoms with Crippen LogP contribution >= 0.6 is 15.9 Å². The summed E-state index contributed by atoms with van der Waals surface area (Å²) in [6, 6.07) is 8.26. The van der Waals surface area contributed by atoms with Crippen LogP contribution in [0.3, 0.4) is 0 Å². The van der Waals surface area contributed by atoms with E-state index in [0.29, 0.717) is 13.0 Å². The van der Waals surface area contributed by atoms with Crippen LogP contribution in [0.1, 0.15) is 37.3 Å². The number of carbonyl (C=O) groups excluding carboxylic acids is 1. The van der Waals surface area contributed by atoms with Gasteiger partial charge in [0.25, 0.3) is 0 Å². The van der Waals surface area contributed by atoms with Crippen molar-refractivity contribution in [2.24, 2.45) is 0 Å². The monoisotopic (exact) mass is 297 g/mol. The fourth-order valence-electron chi connectivity index (χ4n) is 1.74. The van der Waals surface area contributed by atoms with Gasteiger partial charge in [0.1, 0.15) is 0 Å². The van der Waals surface area contributed by atoms with Crippen LogP contribution in [0.15, 0.2) is 24.3 Å². The van der Waals surface area contributed by atoms with E-state index >= 15 is 0 Å². The Morgan fingerprint density at radius 3 is 2.59 bits per heavy atom. The van der Waals surface area contributed by atoms with Crippen molar-refractivity contribution in [2.75, 3.05) is 5.33 Å². The molecular weight excluding hydrogens is 278 g/mol. The standard InChI is InChI=1S/C14H20BrNO/c1-2-12-7-3-4-8-13(12)11-16-14(17)9-5-6-10-15/h3-4,7-8H,2,5-6,9-11H2,1H3,(H,16,17). The van der Waals surface area contributed by atoms with Crippen molar-refractivity contribution in [3.05, 3.63) is 35.4 Å². The van der Waals surface area contributed by atoms with E-state index in [-0.39, 0.29) is 5.91 Å². The van der Waals surface area contributed by atoms with Gasteiger partial charge < -0.3 is 5.32 Å². The molecule has 0 bridgehead atoms. The van der Waals surface area contributed by atoms with Crippen LogP contribution in [0.25, 0.3) is 0 Å². The van der Waals surface area contributed by atoms with Gasteiger partial charge in [-0.2, -0.15) is 0 Å². The van der Waals surface area contributed by atoms with E-state index in [1.54, 1.807) is 0 Å². The molecule has 0 aliphatic rings. The molecule has 0 saturated carbocycles. The van der Waals surface area contributed by atoms with E-state index in [2.05, 4.69) is 40.3 Å². The minimum absolute atomic E-state index is 0.150. The molecule has 1 aromatic rings. The van der Waals surface area contributed by atoms with Gasteiger partial charge in [-0.1, -0.05) is 47.1 Å². The lowest BCUT2D eigenvalue weighted by molar-refractivity contribution is -0.121. The first-order valence-electron chi connectivity index (χ1n) is 6.17. The predicted molar refractivity (Wildman–Crippen MR) is 75.3 cm³/mol. The van der Waals surface area contributed by atoms with Crippen LogP contribution in [0.4, 0.5) is 0 Å². The highest BCUT2D eigenvalue weighted by atomic mass is 79.9. The molecule has 1 rings (SSSR count). The Morgan fingerprint density at radius 1 is 1.24 bits per heavy atom. The van der Waals surface area contributed by atoms with Gasteiger partial charge in [-0.05, 0) is 30.4 Å². The van der Waals surface area contributed by atoms with Crippen molar-refractivity contribution in [1.82, 2.24) is 5.32 Å². The SMILES string of the molecule is CCc1ccccc1CNC(=O)CCCCBr. The number of hydrogen-bond donors (Lipinski definition) is 1. The molecule has 3 heteroatoms. The molecule has 0 fully saturated rings. The predicted octanol–water partition coefficient (Wildman–Crippen LogP) is 3.43. The van der Waals surface area contributed by atoms with Crippen LogP contribution in [0.2, 0.25) is 0 Å². The van der Waals surface area contributed by atoms with Gasteiger partial charge in [-0.3, -0.25) is 4.79 Å². The van der Waals surface area contributed by atoms with E-state index in [1.807, 2.05) is 12.1 Å². The minimum Gasteiger partial charge on any atom is -0.352 e. The van der Waals surface area contributed by atoms with Crippen molar-refractivity contribution in [1.29, 1.82) is 0 Å². The Bertz CT molecular complexity index is 352. The van der Waals surface area contributed by atoms with Crippen molar-refractivity contribution in [2.45, 2.75) is 39.2 Å². The Morgan fingerprint density at radius 2 is 1.94 bits per heavy atom. The molecule has 0 spiro atoms. The summed E-state index contributed by atoms with van der Waals surface area (Å²) in [7, 11) is 0. The number of carbonyl (C=O) groups is 1. The minimum atomic E-state index is 0.150. The highest BCUT2D eigenvalue weighted by Gasteiger charge is 2.03. The maximum absolute atomic E-state index is 11.6.